The van der Waals surface area contributed by atoms with Crippen molar-refractivity contribution in [3.8, 4) is 5.75 Å². The third-order valence-electron chi connectivity index (χ3n) is 5.30. The molecule has 182 valence electrons. The number of ether oxygens (including phenoxy) is 2. The van der Waals surface area contributed by atoms with Crippen molar-refractivity contribution in [2.75, 3.05) is 14.2 Å². The predicted molar refractivity (Wildman–Crippen MR) is 137 cm³/mol. The Labute approximate surface area is 211 Å². The molecule has 0 aromatic heterocycles. The van der Waals surface area contributed by atoms with Gasteiger partial charge in [-0.3, -0.25) is 9.69 Å². The van der Waals surface area contributed by atoms with E-state index in [-0.39, 0.29) is 11.5 Å². The Hall–Kier alpha value is -4.37. The van der Waals surface area contributed by atoms with E-state index in [4.69, 9.17) is 14.6 Å². The van der Waals surface area contributed by atoms with Gasteiger partial charge < -0.3 is 14.6 Å². The number of aromatic carboxylic acids is 1. The standard InChI is InChI=1S/C27H22N2O6S/c1-29-24(30)23(36-27(29)28-21-11-9-20(10-12-21)26(33)34-2)15-17-5-13-22(14-6-17)35-16-18-3-7-19(8-4-18)25(31)32/h3-15H,16H2,1-2H3,(H,31,32). The summed E-state index contributed by atoms with van der Waals surface area (Å²) < 4.78 is 10.5. The maximum absolute atomic E-state index is 12.7. The molecule has 1 N–H and O–H groups in total. The van der Waals surface area contributed by atoms with Gasteiger partial charge in [0.1, 0.15) is 12.4 Å². The number of hydrogen-bond acceptors (Lipinski definition) is 7. The molecule has 1 fully saturated rings. The summed E-state index contributed by atoms with van der Waals surface area (Å²) in [6.45, 7) is 0.305. The van der Waals surface area contributed by atoms with Crippen LogP contribution < -0.4 is 4.74 Å². The lowest BCUT2D eigenvalue weighted by Crippen LogP contribution is -2.23. The van der Waals surface area contributed by atoms with Crippen molar-refractivity contribution in [2.45, 2.75) is 6.61 Å². The van der Waals surface area contributed by atoms with E-state index in [0.29, 0.717) is 33.7 Å². The van der Waals surface area contributed by atoms with Crippen LogP contribution in [-0.4, -0.2) is 47.2 Å². The number of aliphatic imine (C=N–C) groups is 1. The van der Waals surface area contributed by atoms with Crippen molar-refractivity contribution < 1.29 is 29.0 Å². The molecule has 3 aromatic rings. The van der Waals surface area contributed by atoms with E-state index in [1.807, 2.05) is 24.3 Å². The van der Waals surface area contributed by atoms with Gasteiger partial charge in [-0.05, 0) is 77.5 Å². The third-order valence-corrected chi connectivity index (χ3v) is 6.36. The van der Waals surface area contributed by atoms with Crippen LogP contribution in [0.15, 0.2) is 82.7 Å². The smallest absolute Gasteiger partial charge is 0.337 e. The number of likely N-dealkylation sites (N-methyl/N-ethyl adjacent to an activating group) is 1. The molecule has 0 radical (unpaired) electrons. The lowest BCUT2D eigenvalue weighted by molar-refractivity contribution is -0.121. The van der Waals surface area contributed by atoms with Crippen LogP contribution >= 0.6 is 11.8 Å². The van der Waals surface area contributed by atoms with E-state index in [1.54, 1.807) is 61.7 Å². The molecule has 3 aromatic carbocycles. The highest BCUT2D eigenvalue weighted by Gasteiger charge is 2.30. The van der Waals surface area contributed by atoms with Gasteiger partial charge in [-0.1, -0.05) is 24.3 Å². The Bertz CT molecular complexity index is 1350. The number of amides is 1. The Balaban J connectivity index is 1.40. The Morgan fingerprint density at radius 1 is 0.972 bits per heavy atom. The van der Waals surface area contributed by atoms with Gasteiger partial charge >= 0.3 is 11.9 Å². The molecule has 0 spiro atoms. The molecule has 1 aliphatic heterocycles. The van der Waals surface area contributed by atoms with Crippen LogP contribution in [0.5, 0.6) is 5.75 Å². The zero-order valence-corrected chi connectivity index (χ0v) is 20.3. The summed E-state index contributed by atoms with van der Waals surface area (Å²) in [5.41, 5.74) is 2.96. The molecule has 36 heavy (non-hydrogen) atoms. The number of rotatable bonds is 7. The van der Waals surface area contributed by atoms with E-state index < -0.39 is 11.9 Å². The number of hydrogen-bond donors (Lipinski definition) is 1. The molecular formula is C27H22N2O6S. The molecule has 1 amide bonds. The fourth-order valence-electron chi connectivity index (χ4n) is 3.27. The molecule has 0 saturated carbocycles. The van der Waals surface area contributed by atoms with Crippen molar-refractivity contribution in [2.24, 2.45) is 4.99 Å². The molecule has 0 atom stereocenters. The number of nitrogens with zero attached hydrogens (tertiary/aromatic N) is 2. The Morgan fingerprint density at radius 3 is 2.22 bits per heavy atom. The van der Waals surface area contributed by atoms with Crippen molar-refractivity contribution in [1.82, 2.24) is 4.90 Å². The summed E-state index contributed by atoms with van der Waals surface area (Å²) in [7, 11) is 2.99. The number of thioether (sulfide) groups is 1. The number of amidine groups is 1. The Morgan fingerprint density at radius 2 is 1.61 bits per heavy atom. The van der Waals surface area contributed by atoms with Crippen LogP contribution in [-0.2, 0) is 16.1 Å². The van der Waals surface area contributed by atoms with Crippen LogP contribution in [0.1, 0.15) is 31.8 Å². The average molecular weight is 503 g/mol. The molecule has 0 bridgehead atoms. The van der Waals surface area contributed by atoms with Crippen LogP contribution in [0.25, 0.3) is 6.08 Å². The summed E-state index contributed by atoms with van der Waals surface area (Å²) >= 11 is 1.27. The van der Waals surface area contributed by atoms with E-state index in [1.165, 1.54) is 23.8 Å². The number of methoxy groups -OCH3 is 1. The molecule has 1 saturated heterocycles. The number of carbonyl (C=O) groups is 3. The quantitative estimate of drug-likeness (QED) is 0.359. The topological polar surface area (TPSA) is 106 Å². The molecule has 0 aliphatic carbocycles. The number of carboxylic acid groups (broad SMARTS) is 1. The predicted octanol–water partition coefficient (Wildman–Crippen LogP) is 4.98. The summed E-state index contributed by atoms with van der Waals surface area (Å²) in [5, 5.41) is 9.51. The van der Waals surface area contributed by atoms with Gasteiger partial charge in [0.05, 0.1) is 28.8 Å². The van der Waals surface area contributed by atoms with E-state index >= 15 is 0 Å². The monoisotopic (exact) mass is 502 g/mol. The molecule has 4 rings (SSSR count). The van der Waals surface area contributed by atoms with Crippen LogP contribution in [0, 0.1) is 0 Å². The molecule has 8 nitrogen and oxygen atoms in total. The first-order valence-corrected chi connectivity index (χ1v) is 11.7. The number of carbonyl (C=O) groups excluding carboxylic acids is 2. The molecule has 9 heteroatoms. The summed E-state index contributed by atoms with van der Waals surface area (Å²) in [6, 6.07) is 20.5. The first-order chi connectivity index (χ1) is 17.3. The molecule has 1 aliphatic rings. The lowest BCUT2D eigenvalue weighted by Gasteiger charge is -2.07. The average Bonchev–Trinajstić information content (AvgIpc) is 3.16. The minimum Gasteiger partial charge on any atom is -0.489 e. The van der Waals surface area contributed by atoms with Gasteiger partial charge in [0, 0.05) is 7.05 Å². The molecular weight excluding hydrogens is 480 g/mol. The Kier molecular flexibility index (Phi) is 7.50. The fourth-order valence-corrected chi connectivity index (χ4v) is 4.26. The highest BCUT2D eigenvalue weighted by molar-refractivity contribution is 8.18. The van der Waals surface area contributed by atoms with E-state index in [9.17, 15) is 14.4 Å². The first kappa shape index (κ1) is 24.7. The summed E-state index contributed by atoms with van der Waals surface area (Å²) in [5.74, 6) is -0.896. The van der Waals surface area contributed by atoms with Crippen molar-refractivity contribution in [3.05, 3.63) is 100.0 Å². The van der Waals surface area contributed by atoms with Crippen LogP contribution in [0.2, 0.25) is 0 Å². The number of esters is 1. The van der Waals surface area contributed by atoms with Gasteiger partial charge in [-0.25, -0.2) is 14.6 Å². The van der Waals surface area contributed by atoms with Crippen LogP contribution in [0.3, 0.4) is 0 Å². The second kappa shape index (κ2) is 10.9. The summed E-state index contributed by atoms with van der Waals surface area (Å²) in [6.07, 6.45) is 1.79. The van der Waals surface area contributed by atoms with Gasteiger partial charge in [0.2, 0.25) is 0 Å². The van der Waals surface area contributed by atoms with Gasteiger partial charge in [0.25, 0.3) is 5.91 Å². The third kappa shape index (κ3) is 5.81. The lowest BCUT2D eigenvalue weighted by atomic mass is 10.1. The van der Waals surface area contributed by atoms with E-state index in [0.717, 1.165) is 11.1 Å². The van der Waals surface area contributed by atoms with Gasteiger partial charge in [-0.2, -0.15) is 0 Å². The zero-order chi connectivity index (χ0) is 25.7. The highest BCUT2D eigenvalue weighted by Crippen LogP contribution is 2.33. The van der Waals surface area contributed by atoms with Crippen molar-refractivity contribution in [1.29, 1.82) is 0 Å². The first-order valence-electron chi connectivity index (χ1n) is 10.8. The van der Waals surface area contributed by atoms with Crippen LogP contribution in [0.4, 0.5) is 5.69 Å². The number of carboxylic acids is 1. The summed E-state index contributed by atoms with van der Waals surface area (Å²) in [4.78, 5) is 41.8. The molecule has 1 heterocycles. The van der Waals surface area contributed by atoms with E-state index in [2.05, 4.69) is 4.99 Å². The number of benzene rings is 3. The second-order valence-corrected chi connectivity index (χ2v) is 8.78. The molecule has 0 unspecified atom stereocenters. The minimum atomic E-state index is -0.968. The maximum Gasteiger partial charge on any atom is 0.337 e. The fraction of sp³-hybridized carbons (Fsp3) is 0.111. The highest BCUT2D eigenvalue weighted by atomic mass is 32.2. The largest absolute Gasteiger partial charge is 0.489 e. The van der Waals surface area contributed by atoms with Gasteiger partial charge in [-0.15, -0.1) is 0 Å². The zero-order valence-electron chi connectivity index (χ0n) is 19.5. The second-order valence-electron chi connectivity index (χ2n) is 7.77. The SMILES string of the molecule is COC(=O)c1ccc(N=C2SC(=Cc3ccc(OCc4ccc(C(=O)O)cc4)cc3)C(=O)N2C)cc1. The van der Waals surface area contributed by atoms with Crippen molar-refractivity contribution >= 4 is 46.5 Å². The van der Waals surface area contributed by atoms with Crippen molar-refractivity contribution in [3.63, 3.8) is 0 Å². The maximum atomic E-state index is 12.7. The van der Waals surface area contributed by atoms with Gasteiger partial charge in [0.15, 0.2) is 5.17 Å². The normalized spacial score (nSPS) is 15.4. The minimum absolute atomic E-state index is 0.157.